The molecule has 0 radical (unpaired) electrons. The van der Waals surface area contributed by atoms with Crippen molar-refractivity contribution in [1.82, 2.24) is 5.01 Å². The van der Waals surface area contributed by atoms with Crippen molar-refractivity contribution >= 4 is 28.5 Å². The van der Waals surface area contributed by atoms with Crippen LogP contribution in [0.1, 0.15) is 16.7 Å². The maximum Gasteiger partial charge on any atom is 0.183 e. The summed E-state index contributed by atoms with van der Waals surface area (Å²) in [5, 5.41) is 22.7. The Kier molecular flexibility index (Phi) is 5.27. The maximum absolute atomic E-state index is 8.44. The van der Waals surface area contributed by atoms with E-state index in [0.29, 0.717) is 17.3 Å². The number of rotatable bonds is 4. The van der Waals surface area contributed by atoms with Crippen LogP contribution in [0.15, 0.2) is 47.6 Å². The summed E-state index contributed by atoms with van der Waals surface area (Å²) in [7, 11) is 3.19. The van der Waals surface area contributed by atoms with Crippen LogP contribution in [-0.4, -0.2) is 41.7 Å². The fourth-order valence-corrected chi connectivity index (χ4v) is 3.29. The molecule has 3 rings (SSSR count). The third-order valence-corrected chi connectivity index (χ3v) is 4.88. The number of thioether (sulfide) groups is 1. The van der Waals surface area contributed by atoms with Gasteiger partial charge in [-0.25, -0.2) is 0 Å². The lowest BCUT2D eigenvalue weighted by atomic mass is 10.1. The molecule has 0 unspecified atom stereocenters. The van der Waals surface area contributed by atoms with Gasteiger partial charge in [0, 0.05) is 16.9 Å². The summed E-state index contributed by atoms with van der Waals surface area (Å²) in [5.41, 5.74) is 3.51. The van der Waals surface area contributed by atoms with Gasteiger partial charge < -0.3 is 9.47 Å². The van der Waals surface area contributed by atoms with Crippen molar-refractivity contribution in [3.8, 4) is 11.5 Å². The molecule has 2 N–H and O–H groups in total. The van der Waals surface area contributed by atoms with E-state index in [1.807, 2.05) is 49.4 Å². The molecule has 2 aromatic rings. The predicted octanol–water partition coefficient (Wildman–Crippen LogP) is 3.73. The molecule has 0 saturated heterocycles. The van der Waals surface area contributed by atoms with Gasteiger partial charge in [0.2, 0.25) is 0 Å². The molecular weight excluding hydrogens is 348 g/mol. The van der Waals surface area contributed by atoms with Gasteiger partial charge in [-0.1, -0.05) is 41.6 Å². The number of methoxy groups -OCH3 is 2. The van der Waals surface area contributed by atoms with Crippen LogP contribution in [0.5, 0.6) is 11.5 Å². The van der Waals surface area contributed by atoms with Crippen molar-refractivity contribution in [2.45, 2.75) is 6.92 Å². The molecule has 26 heavy (non-hydrogen) atoms. The minimum atomic E-state index is 0.181. The lowest BCUT2D eigenvalue weighted by Gasteiger charge is -2.25. The van der Waals surface area contributed by atoms with Gasteiger partial charge in [0.25, 0.3) is 0 Å². The van der Waals surface area contributed by atoms with E-state index < -0.39 is 0 Å². The predicted molar refractivity (Wildman–Crippen MR) is 106 cm³/mol. The van der Waals surface area contributed by atoms with Crippen LogP contribution in [0.25, 0.3) is 0 Å². The Morgan fingerprint density at radius 2 is 1.77 bits per heavy atom. The highest BCUT2D eigenvalue weighted by Crippen LogP contribution is 2.29. The van der Waals surface area contributed by atoms with Gasteiger partial charge in [0.05, 0.1) is 19.9 Å². The number of hydrogen-bond donors (Lipinski definition) is 2. The van der Waals surface area contributed by atoms with Crippen molar-refractivity contribution in [3.05, 3.63) is 59.2 Å². The summed E-state index contributed by atoms with van der Waals surface area (Å²) < 4.78 is 10.6. The average molecular weight is 368 g/mol. The Morgan fingerprint density at radius 1 is 1.08 bits per heavy atom. The Morgan fingerprint density at radius 3 is 2.42 bits per heavy atom. The Labute approximate surface area is 156 Å². The van der Waals surface area contributed by atoms with Crippen molar-refractivity contribution in [2.24, 2.45) is 5.10 Å². The second kappa shape index (κ2) is 7.61. The molecule has 2 aromatic carbocycles. The van der Waals surface area contributed by atoms with Crippen LogP contribution in [0.2, 0.25) is 0 Å². The second-order valence-corrected chi connectivity index (χ2v) is 6.70. The van der Waals surface area contributed by atoms with Gasteiger partial charge >= 0.3 is 0 Å². The molecule has 0 saturated carbocycles. The molecule has 0 fully saturated rings. The van der Waals surface area contributed by atoms with Gasteiger partial charge in [-0.15, -0.1) is 0 Å². The third-order valence-electron chi connectivity index (χ3n) is 4.01. The SMILES string of the molecule is COc1ccc(C2=NN(C(=N)c3ccc(C)cc3)C(=N)SC2)cc1OC. The molecule has 6 nitrogen and oxygen atoms in total. The standard InChI is InChI=1S/C19H20N4O2S/c1-12-4-6-13(7-5-12)18(20)23-19(21)26-11-15(22-23)14-8-9-16(24-2)17(10-14)25-3/h4-10,20-21H,11H2,1-3H3. The van der Waals surface area contributed by atoms with E-state index in [-0.39, 0.29) is 11.0 Å². The molecule has 0 atom stereocenters. The topological polar surface area (TPSA) is 81.8 Å². The van der Waals surface area contributed by atoms with Gasteiger partial charge in [-0.3, -0.25) is 10.8 Å². The summed E-state index contributed by atoms with van der Waals surface area (Å²) in [4.78, 5) is 0. The van der Waals surface area contributed by atoms with Crippen LogP contribution >= 0.6 is 11.8 Å². The van der Waals surface area contributed by atoms with E-state index in [0.717, 1.165) is 22.4 Å². The molecule has 134 valence electrons. The molecule has 0 amide bonds. The molecule has 0 aromatic heterocycles. The smallest absolute Gasteiger partial charge is 0.183 e. The number of hydrogen-bond acceptors (Lipinski definition) is 6. The van der Waals surface area contributed by atoms with Crippen LogP contribution in [0.3, 0.4) is 0 Å². The molecule has 7 heteroatoms. The van der Waals surface area contributed by atoms with E-state index in [1.165, 1.54) is 16.8 Å². The number of amidine groups is 2. The Balaban J connectivity index is 1.94. The molecule has 0 bridgehead atoms. The van der Waals surface area contributed by atoms with Crippen LogP contribution in [-0.2, 0) is 0 Å². The number of benzene rings is 2. The quantitative estimate of drug-likeness (QED) is 0.636. The van der Waals surface area contributed by atoms with Crippen LogP contribution in [0, 0.1) is 17.7 Å². The van der Waals surface area contributed by atoms with E-state index in [4.69, 9.17) is 20.3 Å². The van der Waals surface area contributed by atoms with Crippen molar-refractivity contribution in [3.63, 3.8) is 0 Å². The summed E-state index contributed by atoms with van der Waals surface area (Å²) in [6.45, 7) is 2.00. The first-order valence-electron chi connectivity index (χ1n) is 8.00. The highest BCUT2D eigenvalue weighted by Gasteiger charge is 2.24. The number of ether oxygens (including phenoxy) is 2. The van der Waals surface area contributed by atoms with Gasteiger partial charge in [-0.05, 0) is 25.1 Å². The van der Waals surface area contributed by atoms with Crippen LogP contribution < -0.4 is 9.47 Å². The minimum absolute atomic E-state index is 0.181. The fraction of sp³-hybridized carbons (Fsp3) is 0.211. The summed E-state index contributed by atoms with van der Waals surface area (Å²) in [6.07, 6.45) is 0. The molecule has 1 heterocycles. The van der Waals surface area contributed by atoms with Gasteiger partial charge in [0.15, 0.2) is 22.5 Å². The van der Waals surface area contributed by atoms with E-state index in [9.17, 15) is 0 Å². The zero-order chi connectivity index (χ0) is 18.7. The van der Waals surface area contributed by atoms with E-state index >= 15 is 0 Å². The maximum atomic E-state index is 8.44. The van der Waals surface area contributed by atoms with E-state index in [1.54, 1.807) is 14.2 Å². The summed E-state index contributed by atoms with van der Waals surface area (Å²) >= 11 is 1.34. The highest BCUT2D eigenvalue weighted by molar-refractivity contribution is 8.14. The monoisotopic (exact) mass is 368 g/mol. The van der Waals surface area contributed by atoms with Crippen molar-refractivity contribution < 1.29 is 9.47 Å². The first-order valence-corrected chi connectivity index (χ1v) is 8.99. The van der Waals surface area contributed by atoms with Crippen LogP contribution in [0.4, 0.5) is 0 Å². The summed E-state index contributed by atoms with van der Waals surface area (Å²) in [6, 6.07) is 13.2. The van der Waals surface area contributed by atoms with Gasteiger partial charge in [0.1, 0.15) is 0 Å². The highest BCUT2D eigenvalue weighted by atomic mass is 32.2. The number of nitrogens with zero attached hydrogens (tertiary/aromatic N) is 2. The number of nitrogens with one attached hydrogen (secondary N) is 2. The molecule has 1 aliphatic heterocycles. The molecular formula is C19H20N4O2S. The van der Waals surface area contributed by atoms with Crippen molar-refractivity contribution in [1.29, 1.82) is 10.8 Å². The zero-order valence-corrected chi connectivity index (χ0v) is 15.7. The number of hydrazone groups is 1. The third kappa shape index (κ3) is 3.57. The Hall–Kier alpha value is -2.80. The second-order valence-electron chi connectivity index (χ2n) is 5.74. The largest absolute Gasteiger partial charge is 0.493 e. The first-order chi connectivity index (χ1) is 12.5. The lowest BCUT2D eigenvalue weighted by molar-refractivity contribution is 0.355. The molecule has 0 aliphatic carbocycles. The first kappa shape index (κ1) is 18.0. The summed E-state index contributed by atoms with van der Waals surface area (Å²) in [5.74, 6) is 2.02. The molecule has 0 spiro atoms. The van der Waals surface area contributed by atoms with Crippen molar-refractivity contribution in [2.75, 3.05) is 20.0 Å². The Bertz CT molecular complexity index is 878. The lowest BCUT2D eigenvalue weighted by Crippen LogP contribution is -2.35. The normalized spacial score (nSPS) is 14.0. The van der Waals surface area contributed by atoms with E-state index in [2.05, 4.69) is 5.10 Å². The average Bonchev–Trinajstić information content (AvgIpc) is 2.68. The fourth-order valence-electron chi connectivity index (χ4n) is 2.53. The molecule has 1 aliphatic rings. The minimum Gasteiger partial charge on any atom is -0.493 e. The number of aryl methyl sites for hydroxylation is 1. The van der Waals surface area contributed by atoms with Gasteiger partial charge in [-0.2, -0.15) is 10.1 Å². The zero-order valence-electron chi connectivity index (χ0n) is 14.9.